The molecule has 8 nitrogen and oxygen atoms in total. The van der Waals surface area contributed by atoms with Gasteiger partial charge in [0, 0.05) is 29.1 Å². The molecule has 0 aliphatic rings. The lowest BCUT2D eigenvalue weighted by Gasteiger charge is -2.14. The molecule has 31 heavy (non-hydrogen) atoms. The SMILES string of the molecule is CCc1cc2oc(=O)cc(COC(=O)c3cccc(S(=O)(=O)N(C)OC)c3)c2cc1Cl. The number of halogens is 1. The maximum absolute atomic E-state index is 12.5. The van der Waals surface area contributed by atoms with Gasteiger partial charge in [-0.05, 0) is 42.3 Å². The Morgan fingerprint density at radius 3 is 2.58 bits per heavy atom. The first-order chi connectivity index (χ1) is 14.7. The number of carbonyl (C=O) groups is 1. The van der Waals surface area contributed by atoms with Crippen LogP contribution in [0, 0.1) is 0 Å². The van der Waals surface area contributed by atoms with Crippen molar-refractivity contribution >= 4 is 38.6 Å². The second-order valence-electron chi connectivity index (χ2n) is 6.59. The minimum atomic E-state index is -3.92. The van der Waals surface area contributed by atoms with Gasteiger partial charge in [0.2, 0.25) is 0 Å². The summed E-state index contributed by atoms with van der Waals surface area (Å²) >= 11 is 6.27. The zero-order chi connectivity index (χ0) is 22.8. The van der Waals surface area contributed by atoms with Crippen LogP contribution in [0.4, 0.5) is 0 Å². The van der Waals surface area contributed by atoms with Crippen molar-refractivity contribution < 1.29 is 27.2 Å². The highest BCUT2D eigenvalue weighted by Gasteiger charge is 2.22. The molecule has 0 N–H and O–H groups in total. The van der Waals surface area contributed by atoms with E-state index in [1.807, 2.05) is 6.92 Å². The molecule has 3 rings (SSSR count). The number of fused-ring (bicyclic) bond motifs is 1. The Balaban J connectivity index is 1.88. The van der Waals surface area contributed by atoms with Crippen molar-refractivity contribution in [3.63, 3.8) is 0 Å². The van der Waals surface area contributed by atoms with E-state index in [1.165, 1.54) is 44.5 Å². The summed E-state index contributed by atoms with van der Waals surface area (Å²) in [4.78, 5) is 29.1. The van der Waals surface area contributed by atoms with Crippen LogP contribution in [0.3, 0.4) is 0 Å². The van der Waals surface area contributed by atoms with Crippen molar-refractivity contribution in [2.45, 2.75) is 24.8 Å². The number of carbonyl (C=O) groups excluding carboxylic acids is 1. The van der Waals surface area contributed by atoms with Crippen LogP contribution in [-0.4, -0.2) is 33.0 Å². The van der Waals surface area contributed by atoms with E-state index in [0.29, 0.717) is 32.4 Å². The van der Waals surface area contributed by atoms with Crippen LogP contribution in [0.5, 0.6) is 0 Å². The smallest absolute Gasteiger partial charge is 0.338 e. The molecule has 0 saturated carbocycles. The number of rotatable bonds is 7. The topological polar surface area (TPSA) is 103 Å². The van der Waals surface area contributed by atoms with Crippen LogP contribution < -0.4 is 5.63 Å². The average molecular weight is 466 g/mol. The molecule has 3 aromatic rings. The zero-order valence-electron chi connectivity index (χ0n) is 17.0. The number of nitrogens with zero attached hydrogens (tertiary/aromatic N) is 1. The van der Waals surface area contributed by atoms with Crippen LogP contribution in [0.15, 0.2) is 56.6 Å². The lowest BCUT2D eigenvalue weighted by molar-refractivity contribution is -0.0258. The Morgan fingerprint density at radius 1 is 1.16 bits per heavy atom. The second-order valence-corrected chi connectivity index (χ2v) is 8.93. The van der Waals surface area contributed by atoms with Crippen molar-refractivity contribution in [1.29, 1.82) is 0 Å². The normalized spacial score (nSPS) is 11.8. The number of hydroxylamine groups is 1. The molecular weight excluding hydrogens is 446 g/mol. The van der Waals surface area contributed by atoms with Crippen molar-refractivity contribution in [2.24, 2.45) is 0 Å². The van der Waals surface area contributed by atoms with E-state index in [-0.39, 0.29) is 17.1 Å². The molecule has 1 aromatic heterocycles. The molecule has 0 aliphatic heterocycles. The number of hydrogen-bond donors (Lipinski definition) is 0. The lowest BCUT2D eigenvalue weighted by atomic mass is 10.1. The van der Waals surface area contributed by atoms with Gasteiger partial charge in [0.05, 0.1) is 17.6 Å². The number of benzene rings is 2. The molecule has 10 heteroatoms. The van der Waals surface area contributed by atoms with E-state index >= 15 is 0 Å². The zero-order valence-corrected chi connectivity index (χ0v) is 18.6. The minimum Gasteiger partial charge on any atom is -0.457 e. The number of sulfonamides is 1. The molecule has 2 aromatic carbocycles. The molecule has 0 saturated heterocycles. The third-order valence-corrected chi connectivity index (χ3v) is 6.73. The molecule has 0 radical (unpaired) electrons. The molecule has 164 valence electrons. The monoisotopic (exact) mass is 465 g/mol. The van der Waals surface area contributed by atoms with E-state index in [0.717, 1.165) is 5.56 Å². The molecule has 0 unspecified atom stereocenters. The highest BCUT2D eigenvalue weighted by Crippen LogP contribution is 2.27. The summed E-state index contributed by atoms with van der Waals surface area (Å²) in [6.45, 7) is 1.70. The molecular formula is C21H20ClNO7S. The molecule has 0 atom stereocenters. The van der Waals surface area contributed by atoms with Gasteiger partial charge in [-0.1, -0.05) is 29.1 Å². The van der Waals surface area contributed by atoms with Crippen molar-refractivity contribution in [3.05, 3.63) is 74.6 Å². The molecule has 1 heterocycles. The Morgan fingerprint density at radius 2 is 1.90 bits per heavy atom. The first-order valence-electron chi connectivity index (χ1n) is 9.22. The van der Waals surface area contributed by atoms with Crippen molar-refractivity contribution in [1.82, 2.24) is 4.47 Å². The van der Waals surface area contributed by atoms with Crippen LogP contribution in [0.25, 0.3) is 11.0 Å². The summed E-state index contributed by atoms with van der Waals surface area (Å²) in [7, 11) is -1.47. The summed E-state index contributed by atoms with van der Waals surface area (Å²) in [6, 6.07) is 9.95. The first-order valence-corrected chi connectivity index (χ1v) is 11.0. The summed E-state index contributed by atoms with van der Waals surface area (Å²) in [5.74, 6) is -0.755. The molecule has 0 aliphatic carbocycles. The molecule has 0 spiro atoms. The van der Waals surface area contributed by atoms with Gasteiger partial charge in [0.25, 0.3) is 10.0 Å². The maximum atomic E-state index is 12.5. The van der Waals surface area contributed by atoms with E-state index in [2.05, 4.69) is 0 Å². The molecule has 0 bridgehead atoms. The predicted octanol–water partition coefficient (Wildman–Crippen LogP) is 3.55. The van der Waals surface area contributed by atoms with E-state index in [1.54, 1.807) is 12.1 Å². The number of aryl methyl sites for hydroxylation is 1. The fraction of sp³-hybridized carbons (Fsp3) is 0.238. The maximum Gasteiger partial charge on any atom is 0.338 e. The van der Waals surface area contributed by atoms with Crippen molar-refractivity contribution in [2.75, 3.05) is 14.2 Å². The van der Waals surface area contributed by atoms with Gasteiger partial charge in [0.1, 0.15) is 12.2 Å². The Bertz CT molecular complexity index is 1300. The summed E-state index contributed by atoms with van der Waals surface area (Å²) in [6.07, 6.45) is 0.662. The van der Waals surface area contributed by atoms with Crippen LogP contribution in [0.1, 0.15) is 28.4 Å². The molecule has 0 amide bonds. The Labute approximate surface area is 183 Å². The van der Waals surface area contributed by atoms with Gasteiger partial charge in [-0.15, -0.1) is 0 Å². The largest absolute Gasteiger partial charge is 0.457 e. The van der Waals surface area contributed by atoms with Gasteiger partial charge in [-0.25, -0.2) is 18.0 Å². The van der Waals surface area contributed by atoms with Gasteiger partial charge in [-0.2, -0.15) is 0 Å². The van der Waals surface area contributed by atoms with Gasteiger partial charge >= 0.3 is 11.6 Å². The van der Waals surface area contributed by atoms with Gasteiger partial charge < -0.3 is 9.15 Å². The number of hydrogen-bond acceptors (Lipinski definition) is 7. The van der Waals surface area contributed by atoms with Crippen LogP contribution in [0.2, 0.25) is 5.02 Å². The number of esters is 1. The predicted molar refractivity (Wildman–Crippen MR) is 114 cm³/mol. The third kappa shape index (κ3) is 4.80. The minimum absolute atomic E-state index is 0.0316. The van der Waals surface area contributed by atoms with E-state index in [9.17, 15) is 18.0 Å². The highest BCUT2D eigenvalue weighted by atomic mass is 35.5. The third-order valence-electron chi connectivity index (χ3n) is 4.70. The van der Waals surface area contributed by atoms with Crippen molar-refractivity contribution in [3.8, 4) is 0 Å². The first kappa shape index (κ1) is 23.0. The summed E-state index contributed by atoms with van der Waals surface area (Å²) < 4.78 is 36.0. The fourth-order valence-electron chi connectivity index (χ4n) is 2.94. The Kier molecular flexibility index (Phi) is 6.80. The summed E-state index contributed by atoms with van der Waals surface area (Å²) in [5.41, 5.74) is 1.04. The second kappa shape index (κ2) is 9.19. The van der Waals surface area contributed by atoms with Gasteiger partial charge in [0.15, 0.2) is 0 Å². The lowest BCUT2D eigenvalue weighted by Crippen LogP contribution is -2.25. The van der Waals surface area contributed by atoms with Gasteiger partial charge in [-0.3, -0.25) is 4.84 Å². The number of ether oxygens (including phenoxy) is 1. The summed E-state index contributed by atoms with van der Waals surface area (Å²) in [5, 5.41) is 1.06. The van der Waals surface area contributed by atoms with Crippen LogP contribution in [-0.2, 0) is 32.6 Å². The van der Waals surface area contributed by atoms with E-state index in [4.69, 9.17) is 25.6 Å². The highest BCUT2D eigenvalue weighted by molar-refractivity contribution is 7.89. The fourth-order valence-corrected chi connectivity index (χ4v) is 4.25. The average Bonchev–Trinajstić information content (AvgIpc) is 2.76. The van der Waals surface area contributed by atoms with Crippen LogP contribution >= 0.6 is 11.6 Å². The quantitative estimate of drug-likeness (QED) is 0.298. The van der Waals surface area contributed by atoms with E-state index < -0.39 is 21.6 Å². The standard InChI is InChI=1S/C21H20ClNO7S/c1-4-13-9-19-17(11-18(13)22)15(10-20(24)30-19)12-29-21(25)14-6-5-7-16(8-14)31(26,27)23(2)28-3/h5-11H,4,12H2,1-3H3. The molecule has 0 fully saturated rings. The Hall–Kier alpha value is -2.72.